The van der Waals surface area contributed by atoms with E-state index in [1.807, 2.05) is 36.4 Å². The van der Waals surface area contributed by atoms with Crippen LogP contribution in [0.2, 0.25) is 0 Å². The fourth-order valence-electron chi connectivity index (χ4n) is 6.41. The van der Waals surface area contributed by atoms with Gasteiger partial charge in [0.2, 0.25) is 17.7 Å². The zero-order valence-corrected chi connectivity index (χ0v) is 35.9. The summed E-state index contributed by atoms with van der Waals surface area (Å²) in [5.41, 5.74) is 3.98. The SMILES string of the molecule is C=C.C=CC=C.C=CCN1CC(=O)N2[C@@H](Cc3ccc([O-])cc3)C(=O)N(Cc3cccnc3-c3ccc(O)cc3)C[C@@H]2N1C(=O)CCc1ccccc1.[Na+].[Na]. The van der Waals surface area contributed by atoms with Crippen molar-refractivity contribution in [3.63, 3.8) is 0 Å². The third-order valence-electron chi connectivity index (χ3n) is 8.81. The molecule has 12 heteroatoms. The van der Waals surface area contributed by atoms with Crippen LogP contribution in [-0.4, -0.2) is 109 Å². The van der Waals surface area contributed by atoms with E-state index in [1.54, 1.807) is 86.7 Å². The van der Waals surface area contributed by atoms with Crippen LogP contribution in [0.3, 0.4) is 0 Å². The van der Waals surface area contributed by atoms with Gasteiger partial charge >= 0.3 is 29.6 Å². The van der Waals surface area contributed by atoms with Gasteiger partial charge in [-0.3, -0.25) is 19.4 Å². The molecule has 0 unspecified atom stereocenters. The van der Waals surface area contributed by atoms with Gasteiger partial charge in [0.05, 0.1) is 18.8 Å². The summed E-state index contributed by atoms with van der Waals surface area (Å²) in [5.74, 6) is -0.684. The maximum absolute atomic E-state index is 14.4. The van der Waals surface area contributed by atoms with Crippen LogP contribution < -0.4 is 34.7 Å². The Kier molecular flexibility index (Phi) is 20.1. The first-order valence-electron chi connectivity index (χ1n) is 17.3. The summed E-state index contributed by atoms with van der Waals surface area (Å²) in [7, 11) is 0. The maximum Gasteiger partial charge on any atom is 1.00 e. The van der Waals surface area contributed by atoms with Crippen LogP contribution in [0.4, 0.5) is 0 Å². The number of hydrazine groups is 1. The summed E-state index contributed by atoms with van der Waals surface area (Å²) in [4.78, 5) is 50.2. The van der Waals surface area contributed by atoms with Gasteiger partial charge in [-0.1, -0.05) is 92.0 Å². The number of piperazine rings is 1. The van der Waals surface area contributed by atoms with Crippen molar-refractivity contribution in [3.05, 3.63) is 165 Å². The topological polar surface area (TPSA) is 120 Å². The molecule has 2 aliphatic heterocycles. The number of hydrogen-bond acceptors (Lipinski definition) is 7. The van der Waals surface area contributed by atoms with E-state index in [4.69, 9.17) is 0 Å². The average Bonchev–Trinajstić information content (AvgIpc) is 3.18. The first-order valence-corrected chi connectivity index (χ1v) is 17.3. The van der Waals surface area contributed by atoms with Crippen LogP contribution >= 0.6 is 0 Å². The Labute approximate surface area is 368 Å². The van der Waals surface area contributed by atoms with E-state index in [1.165, 1.54) is 12.1 Å². The molecule has 0 bridgehead atoms. The van der Waals surface area contributed by atoms with Gasteiger partial charge < -0.3 is 20.0 Å². The average molecular weight is 759 g/mol. The first kappa shape index (κ1) is 46.9. The van der Waals surface area contributed by atoms with Gasteiger partial charge in [-0.25, -0.2) is 10.0 Å². The molecule has 2 atom stereocenters. The van der Waals surface area contributed by atoms with Crippen molar-refractivity contribution in [2.24, 2.45) is 0 Å². The van der Waals surface area contributed by atoms with Crippen molar-refractivity contribution in [1.29, 1.82) is 0 Å². The summed E-state index contributed by atoms with van der Waals surface area (Å²) in [6, 6.07) is 25.5. The van der Waals surface area contributed by atoms with E-state index in [-0.39, 0.29) is 127 Å². The zero-order valence-electron chi connectivity index (χ0n) is 31.9. The summed E-state index contributed by atoms with van der Waals surface area (Å²) < 4.78 is 0. The molecule has 6 rings (SSSR count). The molecule has 4 aromatic rings. The van der Waals surface area contributed by atoms with Crippen molar-refractivity contribution < 1.29 is 54.2 Å². The number of phenols is 1. The number of hydrogen-bond donors (Lipinski definition) is 1. The number of carbonyl (C=O) groups excluding carboxylic acids is 3. The summed E-state index contributed by atoms with van der Waals surface area (Å²) >= 11 is 0. The Morgan fingerprint density at radius 1 is 0.891 bits per heavy atom. The molecule has 1 aromatic heterocycles. The van der Waals surface area contributed by atoms with E-state index < -0.39 is 12.2 Å². The second kappa shape index (κ2) is 23.6. The molecule has 0 saturated carbocycles. The Morgan fingerprint density at radius 2 is 1.55 bits per heavy atom. The van der Waals surface area contributed by atoms with Crippen LogP contribution in [0.25, 0.3) is 11.3 Å². The van der Waals surface area contributed by atoms with Crippen LogP contribution in [0.1, 0.15) is 23.1 Å². The molecule has 55 heavy (non-hydrogen) atoms. The molecule has 2 fully saturated rings. The van der Waals surface area contributed by atoms with Crippen LogP contribution in [-0.2, 0) is 33.8 Å². The molecule has 1 N–H and O–H groups in total. The minimum atomic E-state index is -0.900. The van der Waals surface area contributed by atoms with Crippen molar-refractivity contribution in [2.75, 3.05) is 19.6 Å². The van der Waals surface area contributed by atoms with E-state index in [9.17, 15) is 24.6 Å². The molecule has 2 saturated heterocycles. The molecule has 3 amide bonds. The van der Waals surface area contributed by atoms with Gasteiger partial charge in [0.25, 0.3) is 0 Å². The predicted molar refractivity (Wildman–Crippen MR) is 212 cm³/mol. The van der Waals surface area contributed by atoms with Crippen molar-refractivity contribution in [1.82, 2.24) is 24.8 Å². The second-order valence-corrected chi connectivity index (χ2v) is 12.3. The van der Waals surface area contributed by atoms with E-state index in [0.717, 1.165) is 22.3 Å². The summed E-state index contributed by atoms with van der Waals surface area (Å²) in [6.45, 7) is 17.1. The monoisotopic (exact) mass is 758 g/mol. The predicted octanol–water partition coefficient (Wildman–Crippen LogP) is 2.30. The normalized spacial score (nSPS) is 16.0. The standard InChI is InChI=1S/C37H37N5O5.C4H6.C2H4.2Na/c1-2-21-40-25-35(46)41-32(22-27-10-15-30(43)16-11-27)37(47)39(23-29-9-6-20-38-36(29)28-13-17-31(44)18-14-28)24-33(41)42(40)34(45)19-12-26-7-4-3-5-8-26;1-3-4-2;1-2;;/h2-11,13-18,20,32-33,43-44H,1,12,19,21-25H2;3-4H,1-2H2;1-2H2;;/q;;;;+1/p-1/t32-,33-;;;;/m0..../s1. The Hall–Kier alpha value is -4.26. The number of rotatable bonds is 11. The molecule has 3 aromatic carbocycles. The number of nitrogens with zero attached hydrogens (tertiary/aromatic N) is 5. The van der Waals surface area contributed by atoms with Crippen molar-refractivity contribution >= 4 is 47.3 Å². The number of aromatic hydroxyl groups is 1. The Bertz CT molecular complexity index is 1870. The van der Waals surface area contributed by atoms with Crippen LogP contribution in [0, 0.1) is 0 Å². The van der Waals surface area contributed by atoms with Gasteiger partial charge in [-0.05, 0) is 53.4 Å². The van der Waals surface area contributed by atoms with Gasteiger partial charge in [-0.2, -0.15) is 0 Å². The minimum Gasteiger partial charge on any atom is -0.872 e. The van der Waals surface area contributed by atoms with Gasteiger partial charge in [-0.15, -0.1) is 25.5 Å². The van der Waals surface area contributed by atoms with Crippen molar-refractivity contribution in [2.45, 2.75) is 38.0 Å². The number of phenolic OH excluding ortho intramolecular Hbond substituents is 1. The van der Waals surface area contributed by atoms with Gasteiger partial charge in [0.1, 0.15) is 18.0 Å². The molecule has 275 valence electrons. The molecule has 3 heterocycles. The molecule has 0 spiro atoms. The number of amides is 3. The van der Waals surface area contributed by atoms with Crippen molar-refractivity contribution in [3.8, 4) is 22.8 Å². The van der Waals surface area contributed by atoms with Crippen LogP contribution in [0.15, 0.2) is 148 Å². The number of aryl methyl sites for hydroxylation is 1. The number of pyridine rings is 1. The number of benzene rings is 3. The second-order valence-electron chi connectivity index (χ2n) is 12.3. The first-order chi connectivity index (χ1) is 25.7. The van der Waals surface area contributed by atoms with E-state index >= 15 is 0 Å². The molecular weight excluding hydrogens is 712 g/mol. The van der Waals surface area contributed by atoms with E-state index in [2.05, 4.69) is 37.9 Å². The Balaban J connectivity index is 0.00000123. The zero-order chi connectivity index (χ0) is 38.3. The maximum atomic E-state index is 14.4. The fraction of sp³-hybridized carbons (Fsp3) is 0.209. The smallest absolute Gasteiger partial charge is 0.872 e. The summed E-state index contributed by atoms with van der Waals surface area (Å²) in [5, 5.41) is 25.0. The third kappa shape index (κ3) is 12.4. The molecule has 1 radical (unpaired) electrons. The van der Waals surface area contributed by atoms with Gasteiger partial charge in [0, 0.05) is 67.2 Å². The molecule has 10 nitrogen and oxygen atoms in total. The Morgan fingerprint density at radius 3 is 2.16 bits per heavy atom. The van der Waals surface area contributed by atoms with E-state index in [0.29, 0.717) is 12.1 Å². The fourth-order valence-corrected chi connectivity index (χ4v) is 6.41. The molecule has 2 aliphatic rings. The number of allylic oxidation sites excluding steroid dienone is 2. The van der Waals surface area contributed by atoms with Gasteiger partial charge in [0.15, 0.2) is 0 Å². The number of fused-ring (bicyclic) bond motifs is 1. The minimum absolute atomic E-state index is 0. The molecule has 0 aliphatic carbocycles. The third-order valence-corrected chi connectivity index (χ3v) is 8.81. The number of aromatic nitrogens is 1. The largest absolute Gasteiger partial charge is 1.00 e. The number of carbonyl (C=O) groups is 3. The van der Waals surface area contributed by atoms with Crippen LogP contribution in [0.5, 0.6) is 11.5 Å². The quantitative estimate of drug-likeness (QED) is 0.142. The molecular formula is C43H46N5Na2O5. The summed E-state index contributed by atoms with van der Waals surface area (Å²) in [6.07, 6.45) is 6.78.